The fraction of sp³-hybridized carbons (Fsp3) is 0.150. The second-order valence-electron chi connectivity index (χ2n) is 5.52. The van der Waals surface area contributed by atoms with Crippen molar-refractivity contribution < 1.29 is 4.79 Å². The predicted octanol–water partition coefficient (Wildman–Crippen LogP) is 4.62. The Morgan fingerprint density at radius 1 is 0.957 bits per heavy atom. The predicted molar refractivity (Wildman–Crippen MR) is 96.1 cm³/mol. The molecule has 0 atom stereocenters. The van der Waals surface area contributed by atoms with Crippen molar-refractivity contribution in [2.75, 3.05) is 6.54 Å². The zero-order valence-corrected chi connectivity index (χ0v) is 13.8. The first-order chi connectivity index (χ1) is 11.3. The van der Waals surface area contributed by atoms with Gasteiger partial charge in [0.05, 0.1) is 4.88 Å². The van der Waals surface area contributed by atoms with Crippen molar-refractivity contribution in [1.29, 1.82) is 0 Å². The maximum atomic E-state index is 12.4. The number of amides is 1. The van der Waals surface area contributed by atoms with Crippen molar-refractivity contribution in [3.63, 3.8) is 0 Å². The Morgan fingerprint density at radius 2 is 1.52 bits per heavy atom. The fourth-order valence-corrected chi connectivity index (χ4v) is 3.52. The Labute approximate surface area is 140 Å². The Hall–Kier alpha value is -2.39. The van der Waals surface area contributed by atoms with E-state index in [1.807, 2.05) is 54.8 Å². The van der Waals surface area contributed by atoms with Gasteiger partial charge in [-0.05, 0) is 35.1 Å². The summed E-state index contributed by atoms with van der Waals surface area (Å²) in [6.07, 6.45) is 0. The number of carbonyl (C=O) groups is 1. The molecule has 0 aliphatic rings. The van der Waals surface area contributed by atoms with Crippen molar-refractivity contribution in [1.82, 2.24) is 5.32 Å². The third-order valence-corrected chi connectivity index (χ3v) is 4.95. The zero-order valence-electron chi connectivity index (χ0n) is 13.0. The minimum Gasteiger partial charge on any atom is -0.350 e. The van der Waals surface area contributed by atoms with E-state index in [2.05, 4.69) is 29.6 Å². The summed E-state index contributed by atoms with van der Waals surface area (Å²) in [5.41, 5.74) is 3.45. The molecule has 0 fully saturated rings. The van der Waals surface area contributed by atoms with E-state index in [4.69, 9.17) is 0 Å². The number of benzene rings is 2. The summed E-state index contributed by atoms with van der Waals surface area (Å²) in [6, 6.07) is 22.6. The second kappa shape index (κ2) is 7.25. The van der Waals surface area contributed by atoms with Crippen molar-refractivity contribution in [3.05, 3.63) is 93.7 Å². The highest BCUT2D eigenvalue weighted by molar-refractivity contribution is 7.12. The maximum absolute atomic E-state index is 12.4. The quantitative estimate of drug-likeness (QED) is 0.730. The molecule has 0 aliphatic heterocycles. The van der Waals surface area contributed by atoms with Gasteiger partial charge in [-0.2, -0.15) is 0 Å². The number of rotatable bonds is 5. The third-order valence-electron chi connectivity index (χ3n) is 3.94. The van der Waals surface area contributed by atoms with Crippen LogP contribution in [0.5, 0.6) is 0 Å². The largest absolute Gasteiger partial charge is 0.350 e. The van der Waals surface area contributed by atoms with E-state index < -0.39 is 0 Å². The highest BCUT2D eigenvalue weighted by Gasteiger charge is 2.17. The molecule has 0 aliphatic carbocycles. The molecule has 1 aromatic heterocycles. The highest BCUT2D eigenvalue weighted by Crippen LogP contribution is 2.24. The van der Waals surface area contributed by atoms with Crippen LogP contribution in [0, 0.1) is 6.92 Å². The molecule has 3 heteroatoms. The molecular formula is C20H19NOS. The van der Waals surface area contributed by atoms with Crippen LogP contribution < -0.4 is 5.32 Å². The van der Waals surface area contributed by atoms with Crippen LogP contribution in [-0.2, 0) is 0 Å². The van der Waals surface area contributed by atoms with E-state index in [0.717, 1.165) is 10.4 Å². The van der Waals surface area contributed by atoms with E-state index in [0.29, 0.717) is 6.54 Å². The van der Waals surface area contributed by atoms with Crippen molar-refractivity contribution >= 4 is 17.2 Å². The lowest BCUT2D eigenvalue weighted by molar-refractivity contribution is 0.0956. The van der Waals surface area contributed by atoms with Gasteiger partial charge in [-0.15, -0.1) is 11.3 Å². The monoisotopic (exact) mass is 321 g/mol. The van der Waals surface area contributed by atoms with Crippen LogP contribution in [0.2, 0.25) is 0 Å². The van der Waals surface area contributed by atoms with E-state index in [1.165, 1.54) is 22.5 Å². The lowest BCUT2D eigenvalue weighted by Crippen LogP contribution is -2.28. The summed E-state index contributed by atoms with van der Waals surface area (Å²) in [5.74, 6) is 0.163. The summed E-state index contributed by atoms with van der Waals surface area (Å²) in [6.45, 7) is 2.56. The average molecular weight is 321 g/mol. The Kier molecular flexibility index (Phi) is 4.89. The first-order valence-electron chi connectivity index (χ1n) is 7.68. The molecule has 0 saturated heterocycles. The van der Waals surface area contributed by atoms with E-state index >= 15 is 0 Å². The van der Waals surface area contributed by atoms with E-state index in [-0.39, 0.29) is 11.8 Å². The van der Waals surface area contributed by atoms with Crippen molar-refractivity contribution in [3.8, 4) is 0 Å². The minimum atomic E-state index is 0.00867. The van der Waals surface area contributed by atoms with Crippen LogP contribution in [0.25, 0.3) is 0 Å². The number of hydrogen-bond acceptors (Lipinski definition) is 2. The molecule has 0 bridgehead atoms. The molecule has 0 spiro atoms. The van der Waals surface area contributed by atoms with Crippen LogP contribution in [0.3, 0.4) is 0 Å². The molecule has 1 heterocycles. The fourth-order valence-electron chi connectivity index (χ4n) is 2.68. The van der Waals surface area contributed by atoms with Gasteiger partial charge in [-0.1, -0.05) is 60.7 Å². The van der Waals surface area contributed by atoms with Gasteiger partial charge >= 0.3 is 0 Å². The number of carbonyl (C=O) groups excluding carboxylic acids is 1. The summed E-state index contributed by atoms with van der Waals surface area (Å²) < 4.78 is 0. The van der Waals surface area contributed by atoms with Gasteiger partial charge in [0.25, 0.3) is 5.91 Å². The third kappa shape index (κ3) is 3.69. The first kappa shape index (κ1) is 15.5. The maximum Gasteiger partial charge on any atom is 0.261 e. The number of thiophene rings is 1. The second-order valence-corrected chi connectivity index (χ2v) is 6.43. The summed E-state index contributed by atoms with van der Waals surface area (Å²) in [5, 5.41) is 5.05. The molecule has 0 saturated carbocycles. The van der Waals surface area contributed by atoms with Gasteiger partial charge < -0.3 is 5.32 Å². The number of hydrogen-bond donors (Lipinski definition) is 1. The molecule has 2 nitrogen and oxygen atoms in total. The van der Waals surface area contributed by atoms with Crippen LogP contribution in [0.1, 0.15) is 32.3 Å². The summed E-state index contributed by atoms with van der Waals surface area (Å²) >= 11 is 1.49. The van der Waals surface area contributed by atoms with E-state index in [9.17, 15) is 4.79 Å². The molecule has 116 valence electrons. The topological polar surface area (TPSA) is 29.1 Å². The molecule has 23 heavy (non-hydrogen) atoms. The Morgan fingerprint density at radius 3 is 2.00 bits per heavy atom. The summed E-state index contributed by atoms with van der Waals surface area (Å²) in [4.78, 5) is 13.2. The van der Waals surface area contributed by atoms with Crippen LogP contribution >= 0.6 is 11.3 Å². The lowest BCUT2D eigenvalue weighted by atomic mass is 9.91. The van der Waals surface area contributed by atoms with Gasteiger partial charge in [0.2, 0.25) is 0 Å². The van der Waals surface area contributed by atoms with Gasteiger partial charge in [-0.3, -0.25) is 4.79 Å². The molecule has 2 aromatic carbocycles. The average Bonchev–Trinajstić information content (AvgIpc) is 3.03. The number of nitrogens with one attached hydrogen (secondary N) is 1. The molecule has 0 radical (unpaired) electrons. The van der Waals surface area contributed by atoms with Gasteiger partial charge in [0.15, 0.2) is 0 Å². The Balaban J connectivity index is 1.80. The molecule has 0 unspecified atom stereocenters. The zero-order chi connectivity index (χ0) is 16.1. The SMILES string of the molecule is Cc1ccsc1C(=O)NCC(c1ccccc1)c1ccccc1. The van der Waals surface area contributed by atoms with Gasteiger partial charge in [0.1, 0.15) is 0 Å². The first-order valence-corrected chi connectivity index (χ1v) is 8.56. The van der Waals surface area contributed by atoms with Crippen LogP contribution in [-0.4, -0.2) is 12.5 Å². The Bertz CT molecular complexity index is 725. The molecular weight excluding hydrogens is 302 g/mol. The lowest BCUT2D eigenvalue weighted by Gasteiger charge is -2.18. The normalized spacial score (nSPS) is 10.7. The van der Waals surface area contributed by atoms with Crippen LogP contribution in [0.15, 0.2) is 72.1 Å². The molecule has 1 amide bonds. The highest BCUT2D eigenvalue weighted by atomic mass is 32.1. The van der Waals surface area contributed by atoms with Gasteiger partial charge in [-0.25, -0.2) is 0 Å². The minimum absolute atomic E-state index is 0.00867. The number of aryl methyl sites for hydroxylation is 1. The van der Waals surface area contributed by atoms with Crippen molar-refractivity contribution in [2.24, 2.45) is 0 Å². The smallest absolute Gasteiger partial charge is 0.261 e. The van der Waals surface area contributed by atoms with Gasteiger partial charge in [0, 0.05) is 12.5 Å². The molecule has 1 N–H and O–H groups in total. The standard InChI is InChI=1S/C20H19NOS/c1-15-12-13-23-19(15)20(22)21-14-18(16-8-4-2-5-9-16)17-10-6-3-7-11-17/h2-13,18H,14H2,1H3,(H,21,22). The molecule has 3 aromatic rings. The van der Waals surface area contributed by atoms with E-state index in [1.54, 1.807) is 0 Å². The summed E-state index contributed by atoms with van der Waals surface area (Å²) in [7, 11) is 0. The van der Waals surface area contributed by atoms with Crippen molar-refractivity contribution in [2.45, 2.75) is 12.8 Å². The molecule has 3 rings (SSSR count). The van der Waals surface area contributed by atoms with Crippen LogP contribution in [0.4, 0.5) is 0 Å².